The molecule has 0 unspecified atom stereocenters. The van der Waals surface area contributed by atoms with Crippen molar-refractivity contribution in [3.63, 3.8) is 0 Å². The standard InChI is InChI=1S/C5H11N3OS/c6-8-3-1-5(2-4-8)7-10-9/h5H,1-4,6H2. The van der Waals surface area contributed by atoms with Crippen molar-refractivity contribution in [1.29, 1.82) is 0 Å². The highest BCUT2D eigenvalue weighted by molar-refractivity contribution is 7.54. The fraction of sp³-hybridized carbons (Fsp3) is 1.00. The Labute approximate surface area is 63.6 Å². The van der Waals surface area contributed by atoms with Crippen LogP contribution in [0.5, 0.6) is 0 Å². The predicted molar refractivity (Wildman–Crippen MR) is 39.4 cm³/mol. The van der Waals surface area contributed by atoms with E-state index in [2.05, 4.69) is 4.36 Å². The second kappa shape index (κ2) is 3.80. The molecule has 1 aliphatic rings. The lowest BCUT2D eigenvalue weighted by Gasteiger charge is -2.24. The molecule has 1 saturated heterocycles. The second-order valence-electron chi connectivity index (χ2n) is 2.45. The highest BCUT2D eigenvalue weighted by Crippen LogP contribution is 2.09. The van der Waals surface area contributed by atoms with Crippen LogP contribution < -0.4 is 5.84 Å². The summed E-state index contributed by atoms with van der Waals surface area (Å²) in [6.07, 6.45) is 1.84. The van der Waals surface area contributed by atoms with Crippen LogP contribution in [0.1, 0.15) is 12.8 Å². The van der Waals surface area contributed by atoms with E-state index in [9.17, 15) is 4.21 Å². The Balaban J connectivity index is 2.32. The summed E-state index contributed by atoms with van der Waals surface area (Å²) < 4.78 is 13.8. The van der Waals surface area contributed by atoms with E-state index in [1.54, 1.807) is 5.01 Å². The van der Waals surface area contributed by atoms with E-state index >= 15 is 0 Å². The maximum absolute atomic E-state index is 9.98. The first-order valence-corrected chi connectivity index (χ1v) is 4.01. The van der Waals surface area contributed by atoms with Crippen molar-refractivity contribution in [2.24, 2.45) is 10.2 Å². The molecular formula is C5H11N3OS. The van der Waals surface area contributed by atoms with Crippen LogP contribution >= 0.6 is 0 Å². The molecule has 1 fully saturated rings. The molecule has 0 radical (unpaired) electrons. The zero-order valence-corrected chi connectivity index (χ0v) is 6.51. The van der Waals surface area contributed by atoms with Gasteiger partial charge in [-0.3, -0.25) is 5.84 Å². The maximum Gasteiger partial charge on any atom is 0.199 e. The van der Waals surface area contributed by atoms with Gasteiger partial charge in [0.1, 0.15) is 0 Å². The molecule has 1 heterocycles. The maximum atomic E-state index is 9.98. The van der Waals surface area contributed by atoms with E-state index in [0.29, 0.717) is 11.5 Å². The number of nitrogens with two attached hydrogens (primary N) is 1. The van der Waals surface area contributed by atoms with Crippen LogP contribution in [0.15, 0.2) is 4.36 Å². The number of rotatable bonds is 1. The Morgan fingerprint density at radius 3 is 2.60 bits per heavy atom. The third-order valence-electron chi connectivity index (χ3n) is 1.69. The van der Waals surface area contributed by atoms with Crippen molar-refractivity contribution in [3.05, 3.63) is 0 Å². The summed E-state index contributed by atoms with van der Waals surface area (Å²) in [5.74, 6) is 5.50. The van der Waals surface area contributed by atoms with Gasteiger partial charge in [0.2, 0.25) is 0 Å². The summed E-state index contributed by atoms with van der Waals surface area (Å²) in [6.45, 7) is 1.71. The topological polar surface area (TPSA) is 58.7 Å². The van der Waals surface area contributed by atoms with Crippen molar-refractivity contribution in [2.45, 2.75) is 18.9 Å². The molecule has 0 bridgehead atoms. The van der Waals surface area contributed by atoms with Crippen molar-refractivity contribution < 1.29 is 4.21 Å². The molecule has 4 nitrogen and oxygen atoms in total. The van der Waals surface area contributed by atoms with E-state index in [1.807, 2.05) is 0 Å². The average molecular weight is 161 g/mol. The lowest BCUT2D eigenvalue weighted by Crippen LogP contribution is -2.39. The Kier molecular flexibility index (Phi) is 2.98. The first-order valence-electron chi connectivity index (χ1n) is 3.31. The van der Waals surface area contributed by atoms with Gasteiger partial charge in [0.15, 0.2) is 11.5 Å². The monoisotopic (exact) mass is 161 g/mol. The number of hydrogen-bond donors (Lipinski definition) is 1. The average Bonchev–Trinajstić information content (AvgIpc) is 1.95. The molecule has 0 amide bonds. The van der Waals surface area contributed by atoms with E-state index in [4.69, 9.17) is 5.84 Å². The minimum Gasteiger partial charge on any atom is -0.269 e. The molecule has 0 aromatic carbocycles. The molecule has 1 aliphatic heterocycles. The van der Waals surface area contributed by atoms with Crippen LogP contribution in [-0.4, -0.2) is 28.3 Å². The Bertz CT molecular complexity index is 149. The largest absolute Gasteiger partial charge is 0.269 e. The van der Waals surface area contributed by atoms with Gasteiger partial charge in [-0.25, -0.2) is 5.01 Å². The van der Waals surface area contributed by atoms with Crippen LogP contribution in [0.2, 0.25) is 0 Å². The number of hydrazine groups is 1. The summed E-state index contributed by atoms with van der Waals surface area (Å²) in [6, 6.07) is 0.238. The molecule has 58 valence electrons. The molecule has 0 aromatic rings. The van der Waals surface area contributed by atoms with Crippen molar-refractivity contribution in [1.82, 2.24) is 5.01 Å². The van der Waals surface area contributed by atoms with Gasteiger partial charge in [-0.05, 0) is 12.8 Å². The van der Waals surface area contributed by atoms with E-state index in [0.717, 1.165) is 25.9 Å². The molecule has 1 rings (SSSR count). The molecule has 2 N–H and O–H groups in total. The molecule has 0 aromatic heterocycles. The molecule has 0 aliphatic carbocycles. The van der Waals surface area contributed by atoms with Gasteiger partial charge in [-0.2, -0.15) is 8.57 Å². The molecule has 0 saturated carbocycles. The highest BCUT2D eigenvalue weighted by atomic mass is 32.1. The third kappa shape index (κ3) is 2.17. The summed E-state index contributed by atoms with van der Waals surface area (Å²) in [5.41, 5.74) is 0. The van der Waals surface area contributed by atoms with Gasteiger partial charge in [-0.15, -0.1) is 0 Å². The quantitative estimate of drug-likeness (QED) is 0.538. The van der Waals surface area contributed by atoms with Crippen LogP contribution in [0.4, 0.5) is 0 Å². The van der Waals surface area contributed by atoms with Gasteiger partial charge < -0.3 is 0 Å². The third-order valence-corrected chi connectivity index (χ3v) is 2.08. The summed E-state index contributed by atoms with van der Waals surface area (Å²) >= 11 is 0.325. The summed E-state index contributed by atoms with van der Waals surface area (Å²) in [5, 5.41) is 1.77. The summed E-state index contributed by atoms with van der Waals surface area (Å²) in [7, 11) is 0. The number of hydrogen-bond acceptors (Lipinski definition) is 4. The Hall–Kier alpha value is -0.260. The number of piperidine rings is 1. The van der Waals surface area contributed by atoms with Gasteiger partial charge in [0.25, 0.3) is 0 Å². The first-order chi connectivity index (χ1) is 4.83. The van der Waals surface area contributed by atoms with Crippen molar-refractivity contribution in [3.8, 4) is 0 Å². The molecule has 0 atom stereocenters. The zero-order valence-electron chi connectivity index (χ0n) is 5.69. The first kappa shape index (κ1) is 7.84. The van der Waals surface area contributed by atoms with Gasteiger partial charge >= 0.3 is 0 Å². The van der Waals surface area contributed by atoms with Crippen molar-refractivity contribution in [2.75, 3.05) is 13.1 Å². The van der Waals surface area contributed by atoms with Gasteiger partial charge in [-0.1, -0.05) is 0 Å². The molecule has 10 heavy (non-hydrogen) atoms. The Morgan fingerprint density at radius 1 is 1.50 bits per heavy atom. The van der Waals surface area contributed by atoms with Crippen LogP contribution in [0, 0.1) is 0 Å². The van der Waals surface area contributed by atoms with Crippen LogP contribution in [-0.2, 0) is 11.5 Å². The second-order valence-corrected chi connectivity index (χ2v) is 2.81. The molecule has 0 spiro atoms. The number of nitrogens with zero attached hydrogens (tertiary/aromatic N) is 2. The van der Waals surface area contributed by atoms with Crippen molar-refractivity contribution >= 4 is 11.5 Å². The smallest absolute Gasteiger partial charge is 0.199 e. The zero-order chi connectivity index (χ0) is 7.40. The molecule has 5 heteroatoms. The summed E-state index contributed by atoms with van der Waals surface area (Å²) in [4.78, 5) is 0. The lowest BCUT2D eigenvalue weighted by atomic mass is 10.1. The lowest BCUT2D eigenvalue weighted by molar-refractivity contribution is 0.220. The van der Waals surface area contributed by atoms with Crippen LogP contribution in [0.25, 0.3) is 0 Å². The SMILES string of the molecule is NN1CCC(N=S=O)CC1. The van der Waals surface area contributed by atoms with E-state index in [1.165, 1.54) is 0 Å². The van der Waals surface area contributed by atoms with Gasteiger partial charge in [0, 0.05) is 13.1 Å². The fourth-order valence-electron chi connectivity index (χ4n) is 1.05. The minimum atomic E-state index is 0.238. The van der Waals surface area contributed by atoms with Gasteiger partial charge in [0.05, 0.1) is 6.04 Å². The predicted octanol–water partition coefficient (Wildman–Crippen LogP) is -0.279. The van der Waals surface area contributed by atoms with E-state index in [-0.39, 0.29) is 6.04 Å². The highest BCUT2D eigenvalue weighted by Gasteiger charge is 2.15. The Morgan fingerprint density at radius 2 is 2.10 bits per heavy atom. The molecular weight excluding hydrogens is 150 g/mol. The normalized spacial score (nSPS) is 22.5. The van der Waals surface area contributed by atoms with Crippen LogP contribution in [0.3, 0.4) is 0 Å². The fourth-order valence-corrected chi connectivity index (χ4v) is 1.38. The van der Waals surface area contributed by atoms with E-state index < -0.39 is 0 Å². The minimum absolute atomic E-state index is 0.238.